The van der Waals surface area contributed by atoms with E-state index in [1.165, 1.54) is 23.1 Å². The Labute approximate surface area is 165 Å². The Morgan fingerprint density at radius 2 is 1.86 bits per heavy atom. The molecule has 0 saturated carbocycles. The van der Waals surface area contributed by atoms with E-state index in [0.717, 1.165) is 28.1 Å². The van der Waals surface area contributed by atoms with Crippen LogP contribution in [-0.2, 0) is 16.0 Å². The zero-order chi connectivity index (χ0) is 19.5. The molecule has 0 atom stereocenters. The van der Waals surface area contributed by atoms with E-state index in [-0.39, 0.29) is 17.9 Å². The lowest BCUT2D eigenvalue weighted by atomic mass is 10.1. The van der Waals surface area contributed by atoms with Crippen LogP contribution in [0.25, 0.3) is 27.6 Å². The van der Waals surface area contributed by atoms with Crippen LogP contribution in [0.5, 0.6) is 0 Å². The molecule has 0 aliphatic rings. The van der Waals surface area contributed by atoms with Crippen LogP contribution in [0.15, 0.2) is 70.8 Å². The van der Waals surface area contributed by atoms with E-state index in [2.05, 4.69) is 14.8 Å². The number of benzene rings is 2. The fraction of sp³-hybridized carbons (Fsp3) is 0.0952. The van der Waals surface area contributed by atoms with E-state index < -0.39 is 0 Å². The average Bonchev–Trinajstić information content (AvgIpc) is 3.36. The second-order valence-electron chi connectivity index (χ2n) is 6.17. The summed E-state index contributed by atoms with van der Waals surface area (Å²) in [6.45, 7) is 0. The lowest BCUT2D eigenvalue weighted by Crippen LogP contribution is -2.12. The van der Waals surface area contributed by atoms with E-state index in [9.17, 15) is 9.59 Å². The summed E-state index contributed by atoms with van der Waals surface area (Å²) in [6.07, 6.45) is 0.235. The van der Waals surface area contributed by atoms with Crippen LogP contribution >= 0.6 is 11.3 Å². The topological polar surface area (TPSA) is 77.0 Å². The van der Waals surface area contributed by atoms with Crippen molar-refractivity contribution in [3.05, 3.63) is 82.0 Å². The van der Waals surface area contributed by atoms with Crippen LogP contribution in [0.4, 0.5) is 0 Å². The van der Waals surface area contributed by atoms with E-state index in [1.807, 2.05) is 60.0 Å². The number of hydrogen-bond donors (Lipinski definition) is 1. The normalized spacial score (nSPS) is 10.8. The van der Waals surface area contributed by atoms with Gasteiger partial charge in [-0.25, -0.2) is 4.98 Å². The van der Waals surface area contributed by atoms with Gasteiger partial charge in [-0.3, -0.25) is 14.7 Å². The summed E-state index contributed by atoms with van der Waals surface area (Å²) in [7, 11) is 1.37. The molecule has 0 amide bonds. The highest BCUT2D eigenvalue weighted by Gasteiger charge is 2.12. The van der Waals surface area contributed by atoms with Gasteiger partial charge >= 0.3 is 5.97 Å². The largest absolute Gasteiger partial charge is 0.469 e. The Balaban J connectivity index is 1.59. The number of ether oxygens (including phenoxy) is 1. The number of thiazole rings is 1. The summed E-state index contributed by atoms with van der Waals surface area (Å²) >= 11 is 1.39. The first-order chi connectivity index (χ1) is 13.6. The summed E-state index contributed by atoms with van der Waals surface area (Å²) in [5, 5.41) is 5.59. The monoisotopic (exact) mass is 391 g/mol. The Hall–Kier alpha value is -3.45. The Morgan fingerprint density at radius 3 is 2.57 bits per heavy atom. The first-order valence-corrected chi connectivity index (χ1v) is 9.51. The maximum Gasteiger partial charge on any atom is 0.309 e. The highest BCUT2D eigenvalue weighted by atomic mass is 32.1. The van der Waals surface area contributed by atoms with Crippen LogP contribution in [0.2, 0.25) is 0 Å². The minimum absolute atomic E-state index is 0.159. The highest BCUT2D eigenvalue weighted by Crippen LogP contribution is 2.24. The Morgan fingerprint density at radius 1 is 1.11 bits per heavy atom. The minimum atomic E-state index is -0.274. The van der Waals surface area contributed by atoms with Crippen LogP contribution in [0.3, 0.4) is 0 Å². The van der Waals surface area contributed by atoms with Crippen LogP contribution in [0.1, 0.15) is 5.56 Å². The molecule has 0 aliphatic carbocycles. The lowest BCUT2D eigenvalue weighted by Gasteiger charge is -2.02. The van der Waals surface area contributed by atoms with Gasteiger partial charge in [0.2, 0.25) is 5.13 Å². The molecular weight excluding hydrogens is 374 g/mol. The third-order valence-electron chi connectivity index (χ3n) is 4.31. The van der Waals surface area contributed by atoms with Crippen LogP contribution in [0, 0.1) is 0 Å². The minimum Gasteiger partial charge on any atom is -0.469 e. The fourth-order valence-electron chi connectivity index (χ4n) is 2.84. The predicted octanol–water partition coefficient (Wildman–Crippen LogP) is 3.67. The van der Waals surface area contributed by atoms with Crippen molar-refractivity contribution in [3.8, 4) is 27.6 Å². The average molecular weight is 391 g/mol. The van der Waals surface area contributed by atoms with E-state index in [4.69, 9.17) is 0 Å². The molecule has 2 heterocycles. The number of esters is 1. The van der Waals surface area contributed by atoms with E-state index in [1.54, 1.807) is 6.07 Å². The molecule has 140 valence electrons. The molecule has 0 spiro atoms. The molecule has 0 unspecified atom stereocenters. The van der Waals surface area contributed by atoms with Crippen molar-refractivity contribution in [2.24, 2.45) is 0 Å². The number of hydrogen-bond acceptors (Lipinski definition) is 5. The smallest absolute Gasteiger partial charge is 0.309 e. The number of aromatic nitrogens is 3. The summed E-state index contributed by atoms with van der Waals surface area (Å²) < 4.78 is 6.13. The zero-order valence-electron chi connectivity index (χ0n) is 15.1. The van der Waals surface area contributed by atoms with Gasteiger partial charge in [-0.05, 0) is 11.1 Å². The molecule has 6 nitrogen and oxygen atoms in total. The first kappa shape index (κ1) is 17.9. The van der Waals surface area contributed by atoms with Crippen molar-refractivity contribution in [1.82, 2.24) is 14.8 Å². The molecular formula is C21H17N3O3S. The highest BCUT2D eigenvalue weighted by molar-refractivity contribution is 7.12. The van der Waals surface area contributed by atoms with Crippen molar-refractivity contribution < 1.29 is 9.53 Å². The molecule has 0 saturated heterocycles. The fourth-order valence-corrected chi connectivity index (χ4v) is 3.63. The number of carbonyl (C=O) groups is 1. The molecule has 2 aromatic heterocycles. The van der Waals surface area contributed by atoms with Crippen molar-refractivity contribution in [3.63, 3.8) is 0 Å². The van der Waals surface area contributed by atoms with Gasteiger partial charge in [0.1, 0.15) is 0 Å². The standard InChI is InChI=1S/C21H17N3O3S/c1-27-20(26)11-14-7-9-16(10-8-14)18-13-28-21(22-18)24-19(25)12-17(23-24)15-5-3-2-4-6-15/h2-10,12-13,23H,11H2,1H3. The SMILES string of the molecule is COC(=O)Cc1ccc(-c2csc(-n3[nH]c(-c4ccccc4)cc3=O)n2)cc1. The third kappa shape index (κ3) is 3.65. The van der Waals surface area contributed by atoms with E-state index >= 15 is 0 Å². The van der Waals surface area contributed by atoms with Gasteiger partial charge in [0.15, 0.2) is 0 Å². The maximum absolute atomic E-state index is 12.4. The molecule has 2 aromatic carbocycles. The molecule has 7 heteroatoms. The van der Waals surface area contributed by atoms with Gasteiger partial charge in [-0.1, -0.05) is 54.6 Å². The van der Waals surface area contributed by atoms with Crippen molar-refractivity contribution >= 4 is 17.3 Å². The van der Waals surface area contributed by atoms with Gasteiger partial charge in [-0.15, -0.1) is 11.3 Å². The molecule has 4 rings (SSSR count). The molecule has 0 aliphatic heterocycles. The van der Waals surface area contributed by atoms with Crippen molar-refractivity contribution in [1.29, 1.82) is 0 Å². The molecule has 1 N–H and O–H groups in total. The molecule has 0 radical (unpaired) electrons. The first-order valence-electron chi connectivity index (χ1n) is 8.63. The second-order valence-corrected chi connectivity index (χ2v) is 7.01. The number of methoxy groups -OCH3 is 1. The van der Waals surface area contributed by atoms with Gasteiger partial charge in [0.05, 0.1) is 24.9 Å². The van der Waals surface area contributed by atoms with Crippen LogP contribution in [-0.4, -0.2) is 27.8 Å². The zero-order valence-corrected chi connectivity index (χ0v) is 15.9. The van der Waals surface area contributed by atoms with Crippen molar-refractivity contribution in [2.75, 3.05) is 7.11 Å². The number of aromatic amines is 1. The number of rotatable bonds is 5. The molecule has 4 aromatic rings. The number of nitrogens with one attached hydrogen (secondary N) is 1. The Kier molecular flexibility index (Phi) is 4.90. The number of H-pyrrole nitrogens is 1. The summed E-state index contributed by atoms with van der Waals surface area (Å²) in [6, 6.07) is 18.8. The van der Waals surface area contributed by atoms with Crippen LogP contribution < -0.4 is 5.56 Å². The van der Waals surface area contributed by atoms with Gasteiger partial charge in [0.25, 0.3) is 5.56 Å². The summed E-state index contributed by atoms with van der Waals surface area (Å²) in [5.74, 6) is -0.274. The summed E-state index contributed by atoms with van der Waals surface area (Å²) in [4.78, 5) is 28.3. The predicted molar refractivity (Wildman–Crippen MR) is 109 cm³/mol. The van der Waals surface area contributed by atoms with E-state index in [0.29, 0.717) is 5.13 Å². The van der Waals surface area contributed by atoms with Crippen molar-refractivity contribution in [2.45, 2.75) is 6.42 Å². The lowest BCUT2D eigenvalue weighted by molar-refractivity contribution is -0.139. The summed E-state index contributed by atoms with van der Waals surface area (Å²) in [5.41, 5.74) is 4.09. The third-order valence-corrected chi connectivity index (χ3v) is 5.14. The quantitative estimate of drug-likeness (QED) is 0.527. The molecule has 0 bridgehead atoms. The molecule has 0 fully saturated rings. The molecule has 28 heavy (non-hydrogen) atoms. The Bertz CT molecular complexity index is 1160. The number of carbonyl (C=O) groups excluding carboxylic acids is 1. The van der Waals surface area contributed by atoms with Gasteiger partial charge in [0, 0.05) is 17.0 Å². The maximum atomic E-state index is 12.4. The van der Waals surface area contributed by atoms with Gasteiger partial charge in [-0.2, -0.15) is 4.68 Å². The number of nitrogens with zero attached hydrogens (tertiary/aromatic N) is 2. The second kappa shape index (κ2) is 7.66. The van der Waals surface area contributed by atoms with Gasteiger partial charge < -0.3 is 4.74 Å².